The Morgan fingerprint density at radius 2 is 1.94 bits per heavy atom. The normalized spacial score (nSPS) is 13.8. The van der Waals surface area contributed by atoms with Gasteiger partial charge in [0, 0.05) is 49.7 Å². The predicted octanol–water partition coefficient (Wildman–Crippen LogP) is 3.55. The summed E-state index contributed by atoms with van der Waals surface area (Å²) >= 11 is 0. The van der Waals surface area contributed by atoms with Gasteiger partial charge in [-0.1, -0.05) is 37.3 Å². The summed E-state index contributed by atoms with van der Waals surface area (Å²) in [6.45, 7) is 11.0. The zero-order chi connectivity index (χ0) is 23.1. The molecule has 0 radical (unpaired) electrons. The van der Waals surface area contributed by atoms with Crippen LogP contribution in [0, 0.1) is 6.92 Å². The van der Waals surface area contributed by atoms with E-state index in [0.29, 0.717) is 6.54 Å². The smallest absolute Gasteiger partial charge is 0.243 e. The highest BCUT2D eigenvalue weighted by Crippen LogP contribution is 2.36. The lowest BCUT2D eigenvalue weighted by Gasteiger charge is -2.42. The molecule has 1 aromatic carbocycles. The molecule has 2 aromatic rings. The molecule has 0 spiro atoms. The van der Waals surface area contributed by atoms with Crippen LogP contribution in [-0.4, -0.2) is 42.5 Å². The van der Waals surface area contributed by atoms with Gasteiger partial charge in [-0.25, -0.2) is 4.98 Å². The van der Waals surface area contributed by atoms with Gasteiger partial charge in [-0.2, -0.15) is 0 Å². The van der Waals surface area contributed by atoms with Gasteiger partial charge >= 0.3 is 0 Å². The number of pyridine rings is 1. The first-order valence-corrected chi connectivity index (χ1v) is 10.9. The number of anilines is 3. The van der Waals surface area contributed by atoms with Gasteiger partial charge in [-0.05, 0) is 43.2 Å². The highest BCUT2D eigenvalue weighted by molar-refractivity contribution is 5.91. The van der Waals surface area contributed by atoms with Gasteiger partial charge in [0.2, 0.25) is 11.8 Å². The number of benzene rings is 1. The molecule has 3 rings (SSSR count). The number of amides is 2. The number of carbonyl (C=O) groups is 2. The van der Waals surface area contributed by atoms with Gasteiger partial charge in [0.05, 0.1) is 6.04 Å². The Morgan fingerprint density at radius 3 is 2.56 bits per heavy atom. The highest BCUT2D eigenvalue weighted by Gasteiger charge is 2.30. The summed E-state index contributed by atoms with van der Waals surface area (Å²) in [4.78, 5) is 30.1. The molecule has 32 heavy (non-hydrogen) atoms. The quantitative estimate of drug-likeness (QED) is 0.527. The third kappa shape index (κ3) is 5.75. The third-order valence-electron chi connectivity index (χ3n) is 5.28. The van der Waals surface area contributed by atoms with Crippen molar-refractivity contribution in [1.82, 2.24) is 15.6 Å². The summed E-state index contributed by atoms with van der Waals surface area (Å²) in [5, 5.41) is 9.31. The number of carbonyl (C=O) groups excluding carboxylic acids is 2. The number of nitrogens with zero attached hydrogens (tertiary/aromatic N) is 2. The lowest BCUT2D eigenvalue weighted by Crippen LogP contribution is -2.59. The Kier molecular flexibility index (Phi) is 7.65. The first kappa shape index (κ1) is 23.1. The fraction of sp³-hybridized carbons (Fsp3) is 0.320. The average molecular weight is 434 g/mol. The summed E-state index contributed by atoms with van der Waals surface area (Å²) in [6.07, 6.45) is 5.97. The molecule has 7 heteroatoms. The second-order valence-corrected chi connectivity index (χ2v) is 7.91. The van der Waals surface area contributed by atoms with Crippen LogP contribution < -0.4 is 20.9 Å². The number of aromatic nitrogens is 1. The average Bonchev–Trinajstić information content (AvgIpc) is 2.74. The molecule has 2 heterocycles. The van der Waals surface area contributed by atoms with Crippen LogP contribution in [0.3, 0.4) is 0 Å². The minimum atomic E-state index is -0.222. The Bertz CT molecular complexity index is 1010. The third-order valence-corrected chi connectivity index (χ3v) is 5.28. The second-order valence-electron chi connectivity index (χ2n) is 7.91. The second kappa shape index (κ2) is 10.6. The molecule has 168 valence electrons. The van der Waals surface area contributed by atoms with Gasteiger partial charge in [-0.15, -0.1) is 0 Å². The van der Waals surface area contributed by atoms with Crippen molar-refractivity contribution in [3.05, 3.63) is 66.4 Å². The first-order valence-electron chi connectivity index (χ1n) is 10.9. The van der Waals surface area contributed by atoms with E-state index in [1.165, 1.54) is 18.6 Å². The fourth-order valence-corrected chi connectivity index (χ4v) is 3.72. The molecule has 0 unspecified atom stereocenters. The number of aryl methyl sites for hydroxylation is 1. The molecule has 2 amide bonds. The molecule has 3 N–H and O–H groups in total. The molecular formula is C25H31N5O2. The van der Waals surface area contributed by atoms with E-state index in [2.05, 4.69) is 45.4 Å². The number of nitrogens with one attached hydrogen (secondary N) is 3. The number of hydrogen-bond donors (Lipinski definition) is 3. The van der Waals surface area contributed by atoms with Gasteiger partial charge in [0.15, 0.2) is 0 Å². The van der Waals surface area contributed by atoms with Crippen molar-refractivity contribution >= 4 is 34.6 Å². The van der Waals surface area contributed by atoms with Crippen LogP contribution in [0.4, 0.5) is 17.2 Å². The van der Waals surface area contributed by atoms with Crippen molar-refractivity contribution < 1.29 is 9.59 Å². The molecule has 0 bridgehead atoms. The zero-order valence-electron chi connectivity index (χ0n) is 18.9. The molecule has 1 aliphatic heterocycles. The summed E-state index contributed by atoms with van der Waals surface area (Å²) in [5.74, 6) is 0.479. The highest BCUT2D eigenvalue weighted by atomic mass is 16.2. The van der Waals surface area contributed by atoms with Crippen molar-refractivity contribution in [2.45, 2.75) is 33.2 Å². The van der Waals surface area contributed by atoms with Crippen molar-refractivity contribution in [1.29, 1.82) is 0 Å². The van der Waals surface area contributed by atoms with Crippen LogP contribution >= 0.6 is 0 Å². The summed E-state index contributed by atoms with van der Waals surface area (Å²) in [7, 11) is 0. The summed E-state index contributed by atoms with van der Waals surface area (Å²) in [5.41, 5.74) is 5.06. The molecule has 1 saturated heterocycles. The number of rotatable bonds is 9. The fourth-order valence-electron chi connectivity index (χ4n) is 3.72. The van der Waals surface area contributed by atoms with Crippen LogP contribution in [0.2, 0.25) is 0 Å². The molecule has 1 fully saturated rings. The van der Waals surface area contributed by atoms with Crippen LogP contribution in [0.5, 0.6) is 0 Å². The van der Waals surface area contributed by atoms with Crippen molar-refractivity contribution in [2.24, 2.45) is 0 Å². The van der Waals surface area contributed by atoms with E-state index in [4.69, 9.17) is 0 Å². The molecule has 0 atom stereocenters. The van der Waals surface area contributed by atoms with Gasteiger partial charge in [0.25, 0.3) is 0 Å². The maximum absolute atomic E-state index is 11.9. The predicted molar refractivity (Wildman–Crippen MR) is 130 cm³/mol. The minimum absolute atomic E-state index is 0.0231. The molecule has 0 aliphatic carbocycles. The lowest BCUT2D eigenvalue weighted by molar-refractivity contribution is -0.120. The summed E-state index contributed by atoms with van der Waals surface area (Å²) in [6, 6.07) is 10.2. The van der Waals surface area contributed by atoms with E-state index in [1.807, 2.05) is 37.3 Å². The van der Waals surface area contributed by atoms with Crippen molar-refractivity contribution in [2.75, 3.05) is 29.9 Å². The topological polar surface area (TPSA) is 86.4 Å². The largest absolute Gasteiger partial charge is 0.367 e. The molecule has 7 nitrogen and oxygen atoms in total. The lowest BCUT2D eigenvalue weighted by atomic mass is 9.99. The zero-order valence-corrected chi connectivity index (χ0v) is 18.9. The van der Waals surface area contributed by atoms with E-state index in [1.54, 1.807) is 6.20 Å². The maximum Gasteiger partial charge on any atom is 0.243 e. The van der Waals surface area contributed by atoms with Gasteiger partial charge in [-0.3, -0.25) is 9.59 Å². The standard InChI is InChI=1S/C25H31N5O2/c1-5-7-19(14-27-23(32)6-2)24-22(30-15-21(16-30)28-18(4)31)12-13-26-25(24)29-20-10-8-17(3)9-11-20/h6-13,21H,2,5,14-16H2,1,3-4H3,(H,26,29)(H,27,32)(H,28,31)/b19-7+. The Morgan fingerprint density at radius 1 is 1.22 bits per heavy atom. The molecule has 0 saturated carbocycles. The SMILES string of the molecule is C=CC(=O)NC/C(=C\CC)c1c(N2CC(NC(C)=O)C2)ccnc1Nc1ccc(C)cc1. The Hall–Kier alpha value is -3.61. The van der Waals surface area contributed by atoms with E-state index in [0.717, 1.165) is 47.8 Å². The Labute approximate surface area is 189 Å². The molecular weight excluding hydrogens is 402 g/mol. The monoisotopic (exact) mass is 433 g/mol. The van der Waals surface area contributed by atoms with Crippen molar-refractivity contribution in [3.63, 3.8) is 0 Å². The molecule has 1 aromatic heterocycles. The number of allylic oxidation sites excluding steroid dienone is 1. The summed E-state index contributed by atoms with van der Waals surface area (Å²) < 4.78 is 0. The van der Waals surface area contributed by atoms with Crippen LogP contribution in [0.15, 0.2) is 55.3 Å². The minimum Gasteiger partial charge on any atom is -0.367 e. The van der Waals surface area contributed by atoms with Crippen LogP contribution in [-0.2, 0) is 9.59 Å². The van der Waals surface area contributed by atoms with Gasteiger partial charge < -0.3 is 20.9 Å². The van der Waals surface area contributed by atoms with Crippen LogP contribution in [0.1, 0.15) is 31.4 Å². The van der Waals surface area contributed by atoms with E-state index >= 15 is 0 Å². The van der Waals surface area contributed by atoms with Crippen LogP contribution in [0.25, 0.3) is 5.57 Å². The molecule has 1 aliphatic rings. The van der Waals surface area contributed by atoms with Gasteiger partial charge in [0.1, 0.15) is 5.82 Å². The van der Waals surface area contributed by atoms with E-state index < -0.39 is 0 Å². The van der Waals surface area contributed by atoms with E-state index in [-0.39, 0.29) is 17.9 Å². The van der Waals surface area contributed by atoms with Crippen molar-refractivity contribution in [3.8, 4) is 0 Å². The number of hydrogen-bond acceptors (Lipinski definition) is 5. The first-order chi connectivity index (χ1) is 15.4. The maximum atomic E-state index is 11.9. The van der Waals surface area contributed by atoms with E-state index in [9.17, 15) is 9.59 Å². The Balaban J connectivity index is 1.97.